The van der Waals surface area contributed by atoms with Crippen molar-refractivity contribution in [2.24, 2.45) is 0 Å². The quantitative estimate of drug-likeness (QED) is 0.293. The summed E-state index contributed by atoms with van der Waals surface area (Å²) in [4.78, 5) is 13.5. The highest BCUT2D eigenvalue weighted by Gasteiger charge is 2.73. The molecule has 0 aromatic heterocycles. The van der Waals surface area contributed by atoms with Crippen molar-refractivity contribution >= 4 is 26.3 Å². The van der Waals surface area contributed by atoms with Crippen LogP contribution in [0.2, 0.25) is 0 Å². The van der Waals surface area contributed by atoms with Crippen molar-refractivity contribution in [2.75, 3.05) is 24.6 Å². The second kappa shape index (κ2) is 10.3. The Morgan fingerprint density at radius 2 is 1.33 bits per heavy atom. The number of carbonyl (C=O) groups is 1. The first-order chi connectivity index (χ1) is 19.1. The average molecular weight is 654 g/mol. The number of halogens is 9. The molecule has 6 nitrogen and oxygen atoms in total. The van der Waals surface area contributed by atoms with Gasteiger partial charge in [-0.15, -0.1) is 0 Å². The van der Waals surface area contributed by atoms with E-state index in [4.69, 9.17) is 0 Å². The van der Waals surface area contributed by atoms with E-state index in [0.717, 1.165) is 29.2 Å². The molecule has 2 heterocycles. The van der Waals surface area contributed by atoms with E-state index < -0.39 is 120 Å². The van der Waals surface area contributed by atoms with Crippen molar-refractivity contribution in [1.82, 2.24) is 4.90 Å². The third-order valence-corrected chi connectivity index (χ3v) is 12.0. The maximum atomic E-state index is 15.6. The fourth-order valence-corrected chi connectivity index (χ4v) is 8.85. The highest BCUT2D eigenvalue weighted by molar-refractivity contribution is 8.24. The summed E-state index contributed by atoms with van der Waals surface area (Å²) in [6.07, 6.45) is -14.5. The number of nitrogens with zero attached hydrogens (tertiary/aromatic N) is 1. The van der Waals surface area contributed by atoms with Crippen LogP contribution in [0.5, 0.6) is 0 Å². The molecule has 2 saturated heterocycles. The van der Waals surface area contributed by atoms with Crippen molar-refractivity contribution in [3.8, 4) is 0 Å². The number of amides is 1. The lowest BCUT2D eigenvalue weighted by atomic mass is 9.90. The molecular weight excluding hydrogens is 629 g/mol. The molecule has 2 aromatic carbocycles. The van der Waals surface area contributed by atoms with Gasteiger partial charge in [0.25, 0.3) is 5.91 Å². The second-order valence-corrected chi connectivity index (χ2v) is 15.0. The highest BCUT2D eigenvalue weighted by Crippen LogP contribution is 2.54. The van der Waals surface area contributed by atoms with Gasteiger partial charge in [0.05, 0.1) is 4.90 Å². The molecule has 0 saturated carbocycles. The summed E-state index contributed by atoms with van der Waals surface area (Å²) < 4.78 is 169. The molecule has 1 atom stereocenters. The molecule has 0 radical (unpaired) electrons. The van der Waals surface area contributed by atoms with E-state index >= 15 is 4.39 Å². The zero-order valence-corrected chi connectivity index (χ0v) is 23.0. The average Bonchev–Trinajstić information content (AvgIpc) is 3.36. The fourth-order valence-electron chi connectivity index (χ4n) is 5.27. The van der Waals surface area contributed by atoms with Crippen LogP contribution < -0.4 is 0 Å². The Morgan fingerprint density at radius 3 is 1.81 bits per heavy atom. The summed E-state index contributed by atoms with van der Waals surface area (Å²) in [5.74, 6) is -2.85. The van der Waals surface area contributed by atoms with Crippen LogP contribution in [0.15, 0.2) is 53.4 Å². The van der Waals surface area contributed by atoms with Gasteiger partial charge in [-0.25, -0.2) is 21.6 Å². The molecule has 2 aromatic rings. The van der Waals surface area contributed by atoms with Gasteiger partial charge < -0.3 is 4.90 Å². The van der Waals surface area contributed by atoms with E-state index in [2.05, 4.69) is 0 Å². The maximum absolute atomic E-state index is 15.6. The zero-order valence-electron chi connectivity index (χ0n) is 21.4. The van der Waals surface area contributed by atoms with E-state index in [1.54, 1.807) is 0 Å². The minimum absolute atomic E-state index is 0.144. The molecule has 0 bridgehead atoms. The Balaban J connectivity index is 1.79. The Bertz CT molecular complexity index is 1420. The summed E-state index contributed by atoms with van der Waals surface area (Å²) in [6.45, 7) is -1.22. The Labute approximate surface area is 235 Å². The number of hydrogen-bond acceptors (Lipinski definition) is 5. The minimum Gasteiger partial charge on any atom is -0.338 e. The van der Waals surface area contributed by atoms with Crippen molar-refractivity contribution in [3.05, 3.63) is 65.5 Å². The number of hydrogen-bond donors (Lipinski definition) is 2. The van der Waals surface area contributed by atoms with E-state index in [0.29, 0.717) is 12.1 Å². The van der Waals surface area contributed by atoms with Crippen LogP contribution in [0.4, 0.5) is 39.5 Å². The third-order valence-electron chi connectivity index (χ3n) is 7.78. The molecular formula is C25H24F9NO5S2. The van der Waals surface area contributed by atoms with Crippen LogP contribution in [0.25, 0.3) is 0 Å². The van der Waals surface area contributed by atoms with E-state index in [1.165, 1.54) is 0 Å². The van der Waals surface area contributed by atoms with Gasteiger partial charge in [-0.1, -0.05) is 24.3 Å². The van der Waals surface area contributed by atoms with Crippen LogP contribution in [-0.4, -0.2) is 70.9 Å². The molecule has 2 N–H and O–H groups in total. The van der Waals surface area contributed by atoms with Crippen LogP contribution in [0, 0.1) is 5.82 Å². The Morgan fingerprint density at radius 1 is 0.833 bits per heavy atom. The topological polar surface area (TPSA) is 94.9 Å². The monoisotopic (exact) mass is 653 g/mol. The van der Waals surface area contributed by atoms with Crippen molar-refractivity contribution in [3.63, 3.8) is 0 Å². The maximum Gasteiger partial charge on any atom is 0.435 e. The lowest BCUT2D eigenvalue weighted by Gasteiger charge is -2.42. The Hall–Kier alpha value is -2.50. The molecule has 2 aliphatic rings. The summed E-state index contributed by atoms with van der Waals surface area (Å²) in [5, 5.41) is 0. The van der Waals surface area contributed by atoms with Crippen molar-refractivity contribution in [1.29, 1.82) is 0 Å². The first-order valence-electron chi connectivity index (χ1n) is 12.3. The molecule has 42 heavy (non-hydrogen) atoms. The largest absolute Gasteiger partial charge is 0.435 e. The number of alkyl halides is 8. The van der Waals surface area contributed by atoms with Gasteiger partial charge in [0.2, 0.25) is 0 Å². The number of sulfone groups is 1. The van der Waals surface area contributed by atoms with Gasteiger partial charge in [-0.3, -0.25) is 13.9 Å². The summed E-state index contributed by atoms with van der Waals surface area (Å²) >= 11 is 0. The molecule has 1 amide bonds. The molecule has 1 unspecified atom stereocenters. The molecule has 2 aliphatic heterocycles. The smallest absolute Gasteiger partial charge is 0.338 e. The van der Waals surface area contributed by atoms with E-state index in [1.807, 2.05) is 0 Å². The van der Waals surface area contributed by atoms with Gasteiger partial charge in [-0.2, -0.15) is 36.9 Å². The molecule has 234 valence electrons. The number of rotatable bonds is 5. The van der Waals surface area contributed by atoms with Gasteiger partial charge in [0.1, 0.15) is 10.6 Å². The highest BCUT2D eigenvalue weighted by atomic mass is 32.3. The number of carbonyl (C=O) groups excluding carboxylic acids is 1. The van der Waals surface area contributed by atoms with Gasteiger partial charge in [-0.05, 0) is 36.2 Å². The SMILES string of the molecule is O=C(N1CCC(c2ccc(C(F)(C(F)(F)F)C(F)(F)F)cc2)(S(=O)(=O)c2ccc(F)cc2)C1)C1(F)CCS(O)(O)CC1. The Kier molecular flexibility index (Phi) is 7.95. The van der Waals surface area contributed by atoms with Crippen LogP contribution in [-0.2, 0) is 25.0 Å². The van der Waals surface area contributed by atoms with Gasteiger partial charge in [0, 0.05) is 43.0 Å². The predicted octanol–water partition coefficient (Wildman–Crippen LogP) is 6.27. The molecule has 0 spiro atoms. The first-order valence-corrected chi connectivity index (χ1v) is 15.6. The standard InChI is InChI=1S/C25H24F9NO5S2/c26-18-5-7-19(8-6-18)42(39,40)22(9-12-35(15-22)20(36)21(27)10-13-41(37,38)14-11-21)16-1-3-17(4-2-16)23(28,24(29,30)31)25(32,33)34/h1-8,37-38H,9-15H2. The van der Waals surface area contributed by atoms with Gasteiger partial charge in [0.15, 0.2) is 15.5 Å². The van der Waals surface area contributed by atoms with Crippen molar-refractivity contribution < 1.29 is 61.8 Å². The van der Waals surface area contributed by atoms with Crippen molar-refractivity contribution in [2.45, 2.75) is 52.6 Å². The first kappa shape index (κ1) is 32.4. The second-order valence-electron chi connectivity index (χ2n) is 10.3. The van der Waals surface area contributed by atoms with Crippen LogP contribution in [0.1, 0.15) is 30.4 Å². The van der Waals surface area contributed by atoms with E-state index in [9.17, 15) is 57.4 Å². The minimum atomic E-state index is -6.42. The normalized spacial score (nSPS) is 23.9. The number of benzene rings is 2. The predicted molar refractivity (Wildman–Crippen MR) is 133 cm³/mol. The molecule has 2 fully saturated rings. The van der Waals surface area contributed by atoms with Crippen LogP contribution in [0.3, 0.4) is 0 Å². The van der Waals surface area contributed by atoms with E-state index in [-0.39, 0.29) is 12.1 Å². The lowest BCUT2D eigenvalue weighted by Crippen LogP contribution is -2.50. The van der Waals surface area contributed by atoms with Gasteiger partial charge >= 0.3 is 18.0 Å². The zero-order chi connectivity index (χ0) is 31.6. The summed E-state index contributed by atoms with van der Waals surface area (Å²) in [6, 6.07) is 4.75. The fraction of sp³-hybridized carbons (Fsp3) is 0.480. The molecule has 4 rings (SSSR count). The molecule has 17 heteroatoms. The molecule has 0 aliphatic carbocycles. The summed E-state index contributed by atoms with van der Waals surface area (Å²) in [5.41, 5.74) is -10.6. The lowest BCUT2D eigenvalue weighted by molar-refractivity contribution is -0.348. The number of likely N-dealkylation sites (tertiary alicyclic amines) is 1. The third kappa shape index (κ3) is 5.26. The summed E-state index contributed by atoms with van der Waals surface area (Å²) in [7, 11) is -7.81. The van der Waals surface area contributed by atoms with Crippen LogP contribution >= 0.6 is 10.6 Å².